The molecule has 116 valence electrons. The van der Waals surface area contributed by atoms with Crippen molar-refractivity contribution in [3.8, 4) is 5.75 Å². The molecule has 2 rings (SSSR count). The van der Waals surface area contributed by atoms with Gasteiger partial charge in [-0.15, -0.1) is 0 Å². The first-order valence-corrected chi connectivity index (χ1v) is 7.18. The first kappa shape index (κ1) is 15.9. The fourth-order valence-corrected chi connectivity index (χ4v) is 2.25. The average molecular weight is 300 g/mol. The number of esters is 1. The van der Waals surface area contributed by atoms with Crippen molar-refractivity contribution in [2.45, 2.75) is 13.3 Å². The number of hydrogen-bond acceptors (Lipinski definition) is 4. The second-order valence-electron chi connectivity index (χ2n) is 4.80. The second-order valence-corrected chi connectivity index (χ2v) is 4.80. The zero-order chi connectivity index (χ0) is 15.9. The number of carbonyl (C=O) groups excluding carboxylic acids is 1. The smallest absolute Gasteiger partial charge is 0.341 e. The lowest BCUT2D eigenvalue weighted by molar-refractivity contribution is -0.133. The van der Waals surface area contributed by atoms with Crippen LogP contribution in [0.1, 0.15) is 18.9 Å². The van der Waals surface area contributed by atoms with Gasteiger partial charge >= 0.3 is 5.97 Å². The zero-order valence-corrected chi connectivity index (χ0v) is 13.1. The van der Waals surface area contributed by atoms with Crippen molar-refractivity contribution in [3.63, 3.8) is 0 Å². The lowest BCUT2D eigenvalue weighted by atomic mass is 9.98. The molecule has 4 nitrogen and oxygen atoms in total. The highest BCUT2D eigenvalue weighted by Gasteiger charge is 2.16. The molecule has 0 spiro atoms. The molecule has 4 heteroatoms. The van der Waals surface area contributed by atoms with E-state index in [4.69, 9.17) is 14.2 Å². The Kier molecular flexibility index (Phi) is 5.42. The van der Waals surface area contributed by atoms with Crippen LogP contribution in [0.3, 0.4) is 0 Å². The van der Waals surface area contributed by atoms with Gasteiger partial charge in [-0.3, -0.25) is 0 Å². The van der Waals surface area contributed by atoms with E-state index >= 15 is 0 Å². The molecular formula is C18H20O4. The van der Waals surface area contributed by atoms with Crippen molar-refractivity contribution in [2.24, 2.45) is 0 Å². The van der Waals surface area contributed by atoms with E-state index in [1.807, 2.05) is 36.4 Å². The molecule has 0 fully saturated rings. The van der Waals surface area contributed by atoms with Crippen LogP contribution in [0.25, 0.3) is 16.3 Å². The molecule has 0 aliphatic rings. The van der Waals surface area contributed by atoms with Crippen LogP contribution in [0.2, 0.25) is 0 Å². The molecule has 0 heterocycles. The summed E-state index contributed by atoms with van der Waals surface area (Å²) >= 11 is 0. The fourth-order valence-electron chi connectivity index (χ4n) is 2.25. The fraction of sp³-hybridized carbons (Fsp3) is 0.278. The summed E-state index contributed by atoms with van der Waals surface area (Å²) in [6.45, 7) is 2.72. The van der Waals surface area contributed by atoms with E-state index < -0.39 is 5.97 Å². The number of fused-ring (bicyclic) bond motifs is 1. The Morgan fingerprint density at radius 3 is 2.68 bits per heavy atom. The molecule has 0 saturated carbocycles. The van der Waals surface area contributed by atoms with Crippen molar-refractivity contribution in [1.82, 2.24) is 0 Å². The third kappa shape index (κ3) is 3.39. The predicted octanol–water partition coefficient (Wildman–Crippen LogP) is 3.79. The van der Waals surface area contributed by atoms with Gasteiger partial charge in [-0.2, -0.15) is 0 Å². The van der Waals surface area contributed by atoms with Crippen LogP contribution in [0.15, 0.2) is 42.7 Å². The van der Waals surface area contributed by atoms with Gasteiger partial charge in [-0.1, -0.05) is 31.2 Å². The van der Waals surface area contributed by atoms with E-state index in [0.29, 0.717) is 12.2 Å². The molecule has 0 radical (unpaired) electrons. The first-order chi connectivity index (χ1) is 10.7. The molecule has 0 bridgehead atoms. The summed E-state index contributed by atoms with van der Waals surface area (Å²) in [5.41, 5.74) is 1.14. The van der Waals surface area contributed by atoms with Crippen LogP contribution >= 0.6 is 0 Å². The minimum atomic E-state index is -0.436. The third-order valence-electron chi connectivity index (χ3n) is 3.26. The Balaban J connectivity index is 2.56. The van der Waals surface area contributed by atoms with Gasteiger partial charge in [0.1, 0.15) is 11.3 Å². The molecule has 0 N–H and O–H groups in total. The second kappa shape index (κ2) is 7.50. The zero-order valence-electron chi connectivity index (χ0n) is 13.1. The number of ether oxygens (including phenoxy) is 3. The maximum atomic E-state index is 12.0. The van der Waals surface area contributed by atoms with E-state index in [2.05, 4.69) is 6.92 Å². The molecule has 0 aromatic heterocycles. The van der Waals surface area contributed by atoms with Crippen molar-refractivity contribution >= 4 is 22.3 Å². The van der Waals surface area contributed by atoms with E-state index in [-0.39, 0.29) is 0 Å². The normalized spacial score (nSPS) is 11.3. The molecule has 22 heavy (non-hydrogen) atoms. The number of hydrogen-bond donors (Lipinski definition) is 0. The van der Waals surface area contributed by atoms with Crippen molar-refractivity contribution in [2.75, 3.05) is 20.8 Å². The van der Waals surface area contributed by atoms with Gasteiger partial charge in [0.05, 0.1) is 27.1 Å². The van der Waals surface area contributed by atoms with Gasteiger partial charge < -0.3 is 14.2 Å². The maximum absolute atomic E-state index is 12.0. The highest BCUT2D eigenvalue weighted by molar-refractivity contribution is 6.20. The SMILES string of the molecule is CCCOc1ccc2cccc(/C(=C\OC)C(=O)OC)c2c1. The van der Waals surface area contributed by atoms with Gasteiger partial charge in [-0.05, 0) is 29.3 Å². The largest absolute Gasteiger partial charge is 0.503 e. The standard InChI is InChI=1S/C18H20O4/c1-4-10-22-14-9-8-13-6-5-7-15(16(13)11-14)17(12-20-2)18(19)21-3/h5-9,11-12H,4,10H2,1-3H3/b17-12+. The number of methoxy groups -OCH3 is 2. The Morgan fingerprint density at radius 1 is 1.18 bits per heavy atom. The highest BCUT2D eigenvalue weighted by atomic mass is 16.5. The van der Waals surface area contributed by atoms with Gasteiger partial charge in [0.25, 0.3) is 0 Å². The summed E-state index contributed by atoms with van der Waals surface area (Å²) in [5.74, 6) is 0.345. The van der Waals surface area contributed by atoms with Gasteiger partial charge in [0, 0.05) is 5.56 Å². The van der Waals surface area contributed by atoms with E-state index in [1.54, 1.807) is 0 Å². The Morgan fingerprint density at radius 2 is 2.00 bits per heavy atom. The maximum Gasteiger partial charge on any atom is 0.341 e. The van der Waals surface area contributed by atoms with Crippen LogP contribution in [0, 0.1) is 0 Å². The molecule has 0 atom stereocenters. The van der Waals surface area contributed by atoms with Crippen molar-refractivity contribution < 1.29 is 19.0 Å². The summed E-state index contributed by atoms with van der Waals surface area (Å²) < 4.78 is 15.6. The number of rotatable bonds is 6. The summed E-state index contributed by atoms with van der Waals surface area (Å²) in [6, 6.07) is 11.6. The highest BCUT2D eigenvalue weighted by Crippen LogP contribution is 2.29. The van der Waals surface area contributed by atoms with Crippen LogP contribution in [-0.4, -0.2) is 26.8 Å². The molecule has 0 aliphatic carbocycles. The van der Waals surface area contributed by atoms with Crippen molar-refractivity contribution in [1.29, 1.82) is 0 Å². The Labute approximate surface area is 130 Å². The molecule has 0 unspecified atom stereocenters. The molecular weight excluding hydrogens is 280 g/mol. The third-order valence-corrected chi connectivity index (χ3v) is 3.26. The van der Waals surface area contributed by atoms with E-state index in [0.717, 1.165) is 28.5 Å². The number of benzene rings is 2. The minimum Gasteiger partial charge on any atom is -0.503 e. The Bertz CT molecular complexity index is 689. The summed E-state index contributed by atoms with van der Waals surface area (Å²) in [6.07, 6.45) is 2.34. The summed E-state index contributed by atoms with van der Waals surface area (Å²) in [4.78, 5) is 12.0. The van der Waals surface area contributed by atoms with E-state index in [1.165, 1.54) is 20.5 Å². The summed E-state index contributed by atoms with van der Waals surface area (Å²) in [5, 5.41) is 1.94. The predicted molar refractivity (Wildman–Crippen MR) is 86.7 cm³/mol. The van der Waals surface area contributed by atoms with Crippen LogP contribution in [0.4, 0.5) is 0 Å². The average Bonchev–Trinajstić information content (AvgIpc) is 2.56. The topological polar surface area (TPSA) is 44.8 Å². The van der Waals surface area contributed by atoms with Gasteiger partial charge in [0.15, 0.2) is 0 Å². The molecule has 0 saturated heterocycles. The molecule has 2 aromatic rings. The van der Waals surface area contributed by atoms with Crippen LogP contribution in [-0.2, 0) is 14.3 Å². The molecule has 2 aromatic carbocycles. The van der Waals surface area contributed by atoms with Crippen LogP contribution in [0.5, 0.6) is 5.75 Å². The van der Waals surface area contributed by atoms with E-state index in [9.17, 15) is 4.79 Å². The first-order valence-electron chi connectivity index (χ1n) is 7.18. The molecule has 0 aliphatic heterocycles. The lowest BCUT2D eigenvalue weighted by Gasteiger charge is -2.11. The van der Waals surface area contributed by atoms with Gasteiger partial charge in [-0.25, -0.2) is 4.79 Å². The van der Waals surface area contributed by atoms with Crippen molar-refractivity contribution in [3.05, 3.63) is 48.2 Å². The summed E-state index contributed by atoms with van der Waals surface area (Å²) in [7, 11) is 2.86. The monoisotopic (exact) mass is 300 g/mol. The van der Waals surface area contributed by atoms with Crippen LogP contribution < -0.4 is 4.74 Å². The quantitative estimate of drug-likeness (QED) is 0.462. The lowest BCUT2D eigenvalue weighted by Crippen LogP contribution is -2.05. The number of carbonyl (C=O) groups is 1. The molecule has 0 amide bonds. The van der Waals surface area contributed by atoms with Gasteiger partial charge in [0.2, 0.25) is 0 Å². The minimum absolute atomic E-state index is 0.378. The Hall–Kier alpha value is -2.49.